The van der Waals surface area contributed by atoms with Crippen molar-refractivity contribution in [3.8, 4) is 0 Å². The summed E-state index contributed by atoms with van der Waals surface area (Å²) < 4.78 is 0. The summed E-state index contributed by atoms with van der Waals surface area (Å²) in [6.07, 6.45) is 0. The molecule has 1 unspecified atom stereocenters. The van der Waals surface area contributed by atoms with Crippen molar-refractivity contribution >= 4 is 17.6 Å². The van der Waals surface area contributed by atoms with Gasteiger partial charge in [0.1, 0.15) is 5.82 Å². The van der Waals surface area contributed by atoms with E-state index in [0.29, 0.717) is 5.16 Å². The second-order valence-corrected chi connectivity index (χ2v) is 4.93. The molecule has 0 spiro atoms. The molecule has 18 heavy (non-hydrogen) atoms. The number of H-pyrrole nitrogens is 1. The first-order valence-electron chi connectivity index (χ1n) is 5.45. The molecule has 0 aliphatic carbocycles. The van der Waals surface area contributed by atoms with Crippen LogP contribution in [-0.2, 0) is 0 Å². The van der Waals surface area contributed by atoms with Gasteiger partial charge in [-0.15, -0.1) is 0 Å². The van der Waals surface area contributed by atoms with Gasteiger partial charge in [0.25, 0.3) is 5.56 Å². The Labute approximate surface area is 109 Å². The second-order valence-electron chi connectivity index (χ2n) is 3.90. The lowest BCUT2D eigenvalue weighted by molar-refractivity contribution is 0.796. The molecule has 0 amide bonds. The van der Waals surface area contributed by atoms with Crippen molar-refractivity contribution in [3.05, 3.63) is 46.2 Å². The molecule has 1 atom stereocenters. The Bertz CT molecular complexity index is 609. The van der Waals surface area contributed by atoms with Gasteiger partial charge >= 0.3 is 0 Å². The van der Waals surface area contributed by atoms with Crippen molar-refractivity contribution in [1.29, 1.82) is 0 Å². The van der Waals surface area contributed by atoms with Crippen molar-refractivity contribution in [1.82, 2.24) is 9.97 Å². The number of rotatable bonds is 3. The van der Waals surface area contributed by atoms with Crippen LogP contribution in [0, 0.1) is 0 Å². The largest absolute Gasteiger partial charge is 0.383 e. The average Bonchev–Trinajstić information content (AvgIpc) is 2.27. The van der Waals surface area contributed by atoms with Gasteiger partial charge in [-0.25, -0.2) is 4.98 Å². The number of nitrogens with two attached hydrogens (primary N) is 2. The van der Waals surface area contributed by atoms with Crippen molar-refractivity contribution in [2.45, 2.75) is 23.0 Å². The van der Waals surface area contributed by atoms with E-state index in [0.717, 1.165) is 10.5 Å². The molecular weight excluding hydrogens is 248 g/mol. The van der Waals surface area contributed by atoms with Crippen LogP contribution in [0.4, 0.5) is 5.82 Å². The molecule has 0 radical (unpaired) electrons. The minimum Gasteiger partial charge on any atom is -0.383 e. The Morgan fingerprint density at radius 1 is 1.39 bits per heavy atom. The summed E-state index contributed by atoms with van der Waals surface area (Å²) in [5.41, 5.74) is 12.2. The van der Waals surface area contributed by atoms with Crippen LogP contribution in [0.5, 0.6) is 0 Å². The molecule has 0 fully saturated rings. The average molecular weight is 262 g/mol. The first kappa shape index (κ1) is 12.7. The molecule has 6 heteroatoms. The summed E-state index contributed by atoms with van der Waals surface area (Å²) in [7, 11) is 0. The van der Waals surface area contributed by atoms with E-state index in [9.17, 15) is 4.79 Å². The number of aromatic nitrogens is 2. The van der Waals surface area contributed by atoms with Crippen LogP contribution in [0.2, 0.25) is 0 Å². The molecule has 5 N–H and O–H groups in total. The smallest absolute Gasteiger partial charge is 0.253 e. The van der Waals surface area contributed by atoms with Crippen LogP contribution in [0.25, 0.3) is 0 Å². The van der Waals surface area contributed by atoms with E-state index in [4.69, 9.17) is 11.5 Å². The Balaban J connectivity index is 2.37. The van der Waals surface area contributed by atoms with Crippen molar-refractivity contribution in [2.75, 3.05) is 5.73 Å². The Morgan fingerprint density at radius 2 is 2.11 bits per heavy atom. The molecule has 0 saturated heterocycles. The van der Waals surface area contributed by atoms with Gasteiger partial charge in [0.2, 0.25) is 0 Å². The monoisotopic (exact) mass is 262 g/mol. The second kappa shape index (κ2) is 5.24. The summed E-state index contributed by atoms with van der Waals surface area (Å²) in [6.45, 7) is 1.91. The maximum Gasteiger partial charge on any atom is 0.253 e. The SMILES string of the molecule is CC(N)c1ccccc1Sc1nc(N)cc(=O)[nH]1. The van der Waals surface area contributed by atoms with Crippen LogP contribution in [0.15, 0.2) is 45.2 Å². The molecule has 2 aromatic rings. The maximum atomic E-state index is 11.3. The third kappa shape index (κ3) is 2.91. The van der Waals surface area contributed by atoms with Crippen LogP contribution < -0.4 is 17.0 Å². The molecule has 0 aliphatic rings. The fourth-order valence-corrected chi connectivity index (χ4v) is 2.58. The van der Waals surface area contributed by atoms with Crippen molar-refractivity contribution in [2.24, 2.45) is 5.73 Å². The topological polar surface area (TPSA) is 97.8 Å². The summed E-state index contributed by atoms with van der Waals surface area (Å²) in [6, 6.07) is 8.91. The number of nitrogen functional groups attached to an aromatic ring is 1. The quantitative estimate of drug-likeness (QED) is 0.729. The number of nitrogens with zero attached hydrogens (tertiary/aromatic N) is 1. The van der Waals surface area contributed by atoms with E-state index in [-0.39, 0.29) is 17.4 Å². The summed E-state index contributed by atoms with van der Waals surface area (Å²) >= 11 is 1.34. The highest BCUT2D eigenvalue weighted by Crippen LogP contribution is 2.30. The highest BCUT2D eigenvalue weighted by Gasteiger charge is 2.09. The number of aromatic amines is 1. The van der Waals surface area contributed by atoms with Gasteiger partial charge in [0.15, 0.2) is 5.16 Å². The first-order valence-corrected chi connectivity index (χ1v) is 6.27. The number of hydrogen-bond acceptors (Lipinski definition) is 5. The highest BCUT2D eigenvalue weighted by atomic mass is 32.2. The van der Waals surface area contributed by atoms with E-state index >= 15 is 0 Å². The molecular formula is C12H14N4OS. The van der Waals surface area contributed by atoms with E-state index in [2.05, 4.69) is 9.97 Å². The number of nitrogens with one attached hydrogen (secondary N) is 1. The number of hydrogen-bond donors (Lipinski definition) is 3. The Hall–Kier alpha value is -1.79. The Kier molecular flexibility index (Phi) is 3.69. The lowest BCUT2D eigenvalue weighted by Crippen LogP contribution is -2.10. The zero-order chi connectivity index (χ0) is 13.1. The summed E-state index contributed by atoms with van der Waals surface area (Å²) in [5, 5.41) is 0.466. The van der Waals surface area contributed by atoms with Crippen molar-refractivity contribution in [3.63, 3.8) is 0 Å². The van der Waals surface area contributed by atoms with Gasteiger partial charge in [-0.05, 0) is 18.6 Å². The highest BCUT2D eigenvalue weighted by molar-refractivity contribution is 7.99. The molecule has 1 aromatic heterocycles. The zero-order valence-electron chi connectivity index (χ0n) is 9.88. The van der Waals surface area contributed by atoms with Crippen LogP contribution in [0.1, 0.15) is 18.5 Å². The standard InChI is InChI=1S/C12H14N4OS/c1-7(13)8-4-2-3-5-9(8)18-12-15-10(14)6-11(17)16-12/h2-7H,13H2,1H3,(H3,14,15,16,17). The van der Waals surface area contributed by atoms with Gasteiger partial charge in [-0.3, -0.25) is 4.79 Å². The van der Waals surface area contributed by atoms with Crippen LogP contribution in [-0.4, -0.2) is 9.97 Å². The molecule has 1 aromatic carbocycles. The molecule has 1 heterocycles. The summed E-state index contributed by atoms with van der Waals surface area (Å²) in [5.74, 6) is 0.208. The predicted molar refractivity (Wildman–Crippen MR) is 72.4 cm³/mol. The minimum atomic E-state index is -0.261. The lowest BCUT2D eigenvalue weighted by Gasteiger charge is -2.11. The van der Waals surface area contributed by atoms with Gasteiger partial charge in [-0.1, -0.05) is 30.0 Å². The molecule has 2 rings (SSSR count). The summed E-state index contributed by atoms with van der Waals surface area (Å²) in [4.78, 5) is 19.0. The Morgan fingerprint density at radius 3 is 2.78 bits per heavy atom. The predicted octanol–water partition coefficient (Wildman–Crippen LogP) is 1.52. The molecule has 94 valence electrons. The van der Waals surface area contributed by atoms with Gasteiger partial charge in [0.05, 0.1) is 0 Å². The molecule has 0 bridgehead atoms. The third-order valence-electron chi connectivity index (χ3n) is 2.36. The van der Waals surface area contributed by atoms with Crippen molar-refractivity contribution < 1.29 is 0 Å². The maximum absolute atomic E-state index is 11.3. The first-order chi connectivity index (χ1) is 8.56. The molecule has 0 aliphatic heterocycles. The van der Waals surface area contributed by atoms with Gasteiger partial charge in [-0.2, -0.15) is 0 Å². The molecule has 0 saturated carbocycles. The minimum absolute atomic E-state index is 0.0820. The van der Waals surface area contributed by atoms with E-state index in [1.807, 2.05) is 31.2 Å². The van der Waals surface area contributed by atoms with E-state index in [1.54, 1.807) is 0 Å². The third-order valence-corrected chi connectivity index (χ3v) is 3.33. The van der Waals surface area contributed by atoms with Crippen LogP contribution in [0.3, 0.4) is 0 Å². The fraction of sp³-hybridized carbons (Fsp3) is 0.167. The van der Waals surface area contributed by atoms with Gasteiger partial charge in [0, 0.05) is 17.0 Å². The zero-order valence-corrected chi connectivity index (χ0v) is 10.7. The number of benzene rings is 1. The lowest BCUT2D eigenvalue weighted by atomic mass is 10.1. The molecule has 5 nitrogen and oxygen atoms in total. The normalized spacial score (nSPS) is 12.3. The van der Waals surface area contributed by atoms with E-state index < -0.39 is 0 Å². The van der Waals surface area contributed by atoms with Gasteiger partial charge < -0.3 is 16.5 Å². The van der Waals surface area contributed by atoms with Crippen LogP contribution >= 0.6 is 11.8 Å². The number of anilines is 1. The van der Waals surface area contributed by atoms with E-state index in [1.165, 1.54) is 17.8 Å². The fourth-order valence-electron chi connectivity index (χ4n) is 1.56.